The highest BCUT2D eigenvalue weighted by Crippen LogP contribution is 2.42. The highest BCUT2D eigenvalue weighted by molar-refractivity contribution is 6.46. The number of anilines is 2. The smallest absolute Gasteiger partial charge is 0.267 e. The van der Waals surface area contributed by atoms with Crippen LogP contribution in [0.15, 0.2) is 91.0 Å². The number of fused-ring (bicyclic) bond motifs is 2. The number of imide groups is 2. The van der Waals surface area contributed by atoms with Crippen LogP contribution in [0.5, 0.6) is 0 Å². The first kappa shape index (κ1) is 21.0. The van der Waals surface area contributed by atoms with Gasteiger partial charge in [0.25, 0.3) is 23.6 Å². The molecule has 35 heavy (non-hydrogen) atoms. The predicted molar refractivity (Wildman–Crippen MR) is 132 cm³/mol. The monoisotopic (exact) mass is 478 g/mol. The Balaban J connectivity index is 1.45. The van der Waals surface area contributed by atoms with Gasteiger partial charge in [-0.3, -0.25) is 19.2 Å². The maximum atomic E-state index is 13.6. The third kappa shape index (κ3) is 2.97. The van der Waals surface area contributed by atoms with Crippen molar-refractivity contribution >= 4 is 46.6 Å². The van der Waals surface area contributed by atoms with E-state index in [0.29, 0.717) is 11.3 Å². The molecule has 0 bridgehead atoms. The second-order valence-electron chi connectivity index (χ2n) is 8.14. The molecule has 6 rings (SSSR count). The largest absolute Gasteiger partial charge is 0.268 e. The molecule has 0 saturated heterocycles. The molecule has 4 amide bonds. The van der Waals surface area contributed by atoms with E-state index < -0.39 is 23.6 Å². The maximum Gasteiger partial charge on any atom is 0.267 e. The first-order valence-corrected chi connectivity index (χ1v) is 11.2. The van der Waals surface area contributed by atoms with Crippen molar-refractivity contribution in [3.63, 3.8) is 0 Å². The maximum absolute atomic E-state index is 13.6. The molecule has 0 aromatic heterocycles. The molecule has 0 spiro atoms. The third-order valence-corrected chi connectivity index (χ3v) is 6.62. The summed E-state index contributed by atoms with van der Waals surface area (Å²) in [6, 6.07) is 25.9. The van der Waals surface area contributed by atoms with E-state index in [4.69, 9.17) is 11.6 Å². The minimum Gasteiger partial charge on any atom is -0.268 e. The fourth-order valence-electron chi connectivity index (χ4n) is 4.61. The summed E-state index contributed by atoms with van der Waals surface area (Å²) in [6.45, 7) is 0. The molecule has 0 fully saturated rings. The van der Waals surface area contributed by atoms with Crippen LogP contribution in [-0.2, 0) is 0 Å². The van der Waals surface area contributed by atoms with Gasteiger partial charge in [-0.2, -0.15) is 0 Å². The lowest BCUT2D eigenvalue weighted by atomic mass is 10.0. The lowest BCUT2D eigenvalue weighted by molar-refractivity contribution is 0.0909. The van der Waals surface area contributed by atoms with Crippen molar-refractivity contribution in [2.45, 2.75) is 0 Å². The molecule has 0 atom stereocenters. The van der Waals surface area contributed by atoms with E-state index in [1.54, 1.807) is 36.4 Å². The van der Waals surface area contributed by atoms with Gasteiger partial charge in [0, 0.05) is 5.56 Å². The summed E-state index contributed by atoms with van der Waals surface area (Å²) >= 11 is 6.63. The normalized spacial score (nSPS) is 14.5. The van der Waals surface area contributed by atoms with E-state index >= 15 is 0 Å². The average Bonchev–Trinajstić information content (AvgIpc) is 3.29. The Morgan fingerprint density at radius 1 is 0.457 bits per heavy atom. The van der Waals surface area contributed by atoms with E-state index in [-0.39, 0.29) is 33.0 Å². The Morgan fingerprint density at radius 3 is 1.63 bits per heavy atom. The summed E-state index contributed by atoms with van der Waals surface area (Å²) in [5, 5.41) is -0.116. The van der Waals surface area contributed by atoms with Gasteiger partial charge in [-0.1, -0.05) is 72.3 Å². The van der Waals surface area contributed by atoms with Gasteiger partial charge in [0.15, 0.2) is 0 Å². The van der Waals surface area contributed by atoms with Crippen LogP contribution in [0, 0.1) is 0 Å². The van der Waals surface area contributed by atoms with Gasteiger partial charge in [0.05, 0.1) is 38.7 Å². The highest BCUT2D eigenvalue weighted by Gasteiger charge is 2.43. The SMILES string of the molecule is O=C1c2ccc(N3C(=O)c4ccccc4C3=O)c(Cl)c2C(=O)N1c1ccccc1-c1ccccc1. The molecule has 2 aliphatic rings. The Morgan fingerprint density at radius 2 is 0.971 bits per heavy atom. The van der Waals surface area contributed by atoms with Crippen molar-refractivity contribution in [3.8, 4) is 11.1 Å². The number of para-hydroxylation sites is 1. The van der Waals surface area contributed by atoms with Crippen LogP contribution >= 0.6 is 11.6 Å². The molecule has 0 N–H and O–H groups in total. The topological polar surface area (TPSA) is 74.8 Å². The van der Waals surface area contributed by atoms with E-state index in [1.165, 1.54) is 12.1 Å². The van der Waals surface area contributed by atoms with Crippen molar-refractivity contribution in [3.05, 3.63) is 118 Å². The second kappa shape index (κ2) is 7.75. The van der Waals surface area contributed by atoms with Crippen molar-refractivity contribution in [2.24, 2.45) is 0 Å². The first-order chi connectivity index (χ1) is 17.0. The number of rotatable bonds is 3. The van der Waals surface area contributed by atoms with Crippen molar-refractivity contribution in [1.29, 1.82) is 0 Å². The number of amides is 4. The van der Waals surface area contributed by atoms with E-state index in [2.05, 4.69) is 0 Å². The van der Waals surface area contributed by atoms with Crippen LogP contribution in [0.2, 0.25) is 5.02 Å². The number of carbonyl (C=O) groups is 4. The van der Waals surface area contributed by atoms with E-state index in [9.17, 15) is 19.2 Å². The van der Waals surface area contributed by atoms with Gasteiger partial charge in [-0.15, -0.1) is 0 Å². The zero-order valence-electron chi connectivity index (χ0n) is 18.1. The van der Waals surface area contributed by atoms with Gasteiger partial charge >= 0.3 is 0 Å². The number of carbonyl (C=O) groups excluding carboxylic acids is 4. The number of hydrogen-bond acceptors (Lipinski definition) is 4. The Bertz CT molecular complexity index is 1560. The summed E-state index contributed by atoms with van der Waals surface area (Å²) < 4.78 is 0. The number of halogens is 1. The molecule has 7 heteroatoms. The molecule has 0 radical (unpaired) electrons. The number of hydrogen-bond donors (Lipinski definition) is 0. The first-order valence-electron chi connectivity index (χ1n) is 10.8. The van der Waals surface area contributed by atoms with Crippen LogP contribution in [0.1, 0.15) is 41.4 Å². The van der Waals surface area contributed by atoms with Crippen molar-refractivity contribution < 1.29 is 19.2 Å². The van der Waals surface area contributed by atoms with Gasteiger partial charge < -0.3 is 0 Å². The lowest BCUT2D eigenvalue weighted by Gasteiger charge is -2.18. The summed E-state index contributed by atoms with van der Waals surface area (Å²) in [7, 11) is 0. The van der Waals surface area contributed by atoms with Crippen LogP contribution < -0.4 is 9.80 Å². The molecule has 4 aromatic rings. The number of nitrogens with zero attached hydrogens (tertiary/aromatic N) is 2. The Kier molecular flexibility index (Phi) is 4.65. The minimum absolute atomic E-state index is 0.0337. The molecular formula is C28H15ClN2O4. The van der Waals surface area contributed by atoms with Crippen LogP contribution in [0.3, 0.4) is 0 Å². The molecular weight excluding hydrogens is 464 g/mol. The average molecular weight is 479 g/mol. The van der Waals surface area contributed by atoms with Gasteiger partial charge in [0.2, 0.25) is 0 Å². The van der Waals surface area contributed by atoms with Gasteiger partial charge in [-0.25, -0.2) is 9.80 Å². The molecule has 0 saturated carbocycles. The van der Waals surface area contributed by atoms with Gasteiger partial charge in [-0.05, 0) is 35.9 Å². The van der Waals surface area contributed by atoms with Crippen molar-refractivity contribution in [1.82, 2.24) is 0 Å². The molecule has 0 unspecified atom stereocenters. The number of benzene rings is 4. The predicted octanol–water partition coefficient (Wildman–Crippen LogP) is 5.61. The molecule has 0 aliphatic carbocycles. The zero-order chi connectivity index (χ0) is 24.3. The molecule has 4 aromatic carbocycles. The minimum atomic E-state index is -0.614. The standard InChI is InChI=1S/C28H15ClN2O4/c29-24-22(31-25(32)18-11-4-5-12-19(18)26(31)33)15-14-20-23(24)28(35)30(27(20)34)21-13-7-6-10-17(21)16-8-2-1-3-9-16/h1-15H. The van der Waals surface area contributed by atoms with Crippen molar-refractivity contribution in [2.75, 3.05) is 9.80 Å². The summed E-state index contributed by atoms with van der Waals surface area (Å²) in [5.74, 6) is -2.20. The Hall–Kier alpha value is -4.55. The van der Waals surface area contributed by atoms with Crippen LogP contribution in [0.4, 0.5) is 11.4 Å². The second-order valence-corrected chi connectivity index (χ2v) is 8.52. The molecule has 2 aliphatic heterocycles. The molecule has 2 heterocycles. The molecule has 168 valence electrons. The Labute approximate surface area is 205 Å². The third-order valence-electron chi connectivity index (χ3n) is 6.24. The summed E-state index contributed by atoms with van der Waals surface area (Å²) in [5.41, 5.74) is 2.64. The quantitative estimate of drug-likeness (QED) is 0.359. The summed E-state index contributed by atoms with van der Waals surface area (Å²) in [6.07, 6.45) is 0. The van der Waals surface area contributed by atoms with E-state index in [1.807, 2.05) is 42.5 Å². The lowest BCUT2D eigenvalue weighted by Crippen LogP contribution is -2.30. The highest BCUT2D eigenvalue weighted by atomic mass is 35.5. The zero-order valence-corrected chi connectivity index (χ0v) is 18.8. The van der Waals surface area contributed by atoms with Crippen LogP contribution in [0.25, 0.3) is 11.1 Å². The van der Waals surface area contributed by atoms with E-state index in [0.717, 1.165) is 15.4 Å². The molecule has 6 nitrogen and oxygen atoms in total. The van der Waals surface area contributed by atoms with Gasteiger partial charge in [0.1, 0.15) is 0 Å². The fraction of sp³-hybridized carbons (Fsp3) is 0. The fourth-order valence-corrected chi connectivity index (χ4v) is 4.94. The summed E-state index contributed by atoms with van der Waals surface area (Å²) in [4.78, 5) is 55.0. The van der Waals surface area contributed by atoms with Crippen LogP contribution in [-0.4, -0.2) is 23.6 Å².